The third kappa shape index (κ3) is 6.20. The topological polar surface area (TPSA) is 77.2 Å². The van der Waals surface area contributed by atoms with Crippen LogP contribution in [0.1, 0.15) is 26.5 Å². The van der Waals surface area contributed by atoms with Gasteiger partial charge in [0.15, 0.2) is 0 Å². The van der Waals surface area contributed by atoms with Crippen LogP contribution in [-0.4, -0.2) is 24.0 Å². The van der Waals surface area contributed by atoms with Crippen LogP contribution in [0.2, 0.25) is 0 Å². The largest absolute Gasteiger partial charge is 0.491 e. The number of nitrogens with one attached hydrogen (secondary N) is 1. The van der Waals surface area contributed by atoms with E-state index in [1.54, 1.807) is 13.1 Å². The quantitative estimate of drug-likeness (QED) is 0.743. The van der Waals surface area contributed by atoms with Gasteiger partial charge in [-0.05, 0) is 24.6 Å². The standard InChI is InChI=1S/C14H23N3O2/c1-10(2)6-16-7-12-4-5-13(8-17-12)19-9-11(3)14(15)18/h4-5,8,10-11,16H,6-7,9H2,1-3H3,(H2,15,18). The lowest BCUT2D eigenvalue weighted by molar-refractivity contribution is -0.122. The second-order valence-corrected chi connectivity index (χ2v) is 5.12. The number of ether oxygens (including phenoxy) is 1. The van der Waals surface area contributed by atoms with Gasteiger partial charge in [-0.2, -0.15) is 0 Å². The van der Waals surface area contributed by atoms with E-state index in [1.165, 1.54) is 0 Å². The monoisotopic (exact) mass is 265 g/mol. The third-order valence-electron chi connectivity index (χ3n) is 2.64. The molecule has 0 spiro atoms. The molecule has 1 heterocycles. The van der Waals surface area contributed by atoms with Gasteiger partial charge in [0.2, 0.25) is 5.91 Å². The van der Waals surface area contributed by atoms with Crippen molar-refractivity contribution in [2.45, 2.75) is 27.3 Å². The molecule has 1 atom stereocenters. The summed E-state index contributed by atoms with van der Waals surface area (Å²) >= 11 is 0. The van der Waals surface area contributed by atoms with E-state index in [0.29, 0.717) is 11.7 Å². The SMILES string of the molecule is CC(C)CNCc1ccc(OCC(C)C(N)=O)cn1. The Morgan fingerprint density at radius 2 is 2.16 bits per heavy atom. The Labute approximate surface area is 114 Å². The molecule has 5 nitrogen and oxygen atoms in total. The molecule has 0 bridgehead atoms. The number of hydrogen-bond acceptors (Lipinski definition) is 4. The van der Waals surface area contributed by atoms with Crippen LogP contribution >= 0.6 is 0 Å². The van der Waals surface area contributed by atoms with Gasteiger partial charge in [0.05, 0.1) is 24.4 Å². The van der Waals surface area contributed by atoms with Crippen molar-refractivity contribution in [1.29, 1.82) is 0 Å². The second kappa shape index (κ2) is 7.74. The van der Waals surface area contributed by atoms with Crippen molar-refractivity contribution in [2.24, 2.45) is 17.6 Å². The number of rotatable bonds is 8. The Morgan fingerprint density at radius 1 is 1.42 bits per heavy atom. The molecule has 0 saturated carbocycles. The van der Waals surface area contributed by atoms with Crippen molar-refractivity contribution < 1.29 is 9.53 Å². The van der Waals surface area contributed by atoms with Crippen molar-refractivity contribution >= 4 is 5.91 Å². The Bertz CT molecular complexity index is 390. The molecule has 3 N–H and O–H groups in total. The summed E-state index contributed by atoms with van der Waals surface area (Å²) in [5.41, 5.74) is 6.13. The van der Waals surface area contributed by atoms with Crippen LogP contribution < -0.4 is 15.8 Å². The highest BCUT2D eigenvalue weighted by molar-refractivity contribution is 5.76. The first-order chi connectivity index (χ1) is 8.99. The number of primary amides is 1. The smallest absolute Gasteiger partial charge is 0.223 e. The van der Waals surface area contributed by atoms with E-state index in [1.807, 2.05) is 12.1 Å². The first-order valence-corrected chi connectivity index (χ1v) is 6.56. The molecular formula is C14H23N3O2. The molecule has 0 fully saturated rings. The Kier molecular flexibility index (Phi) is 6.29. The van der Waals surface area contributed by atoms with Crippen molar-refractivity contribution in [2.75, 3.05) is 13.2 Å². The molecule has 0 saturated heterocycles. The van der Waals surface area contributed by atoms with Crippen molar-refractivity contribution in [3.63, 3.8) is 0 Å². The molecule has 5 heteroatoms. The van der Waals surface area contributed by atoms with Gasteiger partial charge in [0.1, 0.15) is 5.75 Å². The maximum absolute atomic E-state index is 10.9. The van der Waals surface area contributed by atoms with Gasteiger partial charge in [0, 0.05) is 6.54 Å². The molecule has 0 aliphatic rings. The fourth-order valence-corrected chi connectivity index (χ4v) is 1.39. The summed E-state index contributed by atoms with van der Waals surface area (Å²) in [5, 5.41) is 3.32. The predicted octanol–water partition coefficient (Wildman–Crippen LogP) is 1.33. The van der Waals surface area contributed by atoms with Gasteiger partial charge in [0.25, 0.3) is 0 Å². The molecule has 1 rings (SSSR count). The maximum Gasteiger partial charge on any atom is 0.223 e. The lowest BCUT2D eigenvalue weighted by atomic mass is 10.2. The predicted molar refractivity (Wildman–Crippen MR) is 74.6 cm³/mol. The highest BCUT2D eigenvalue weighted by Crippen LogP contribution is 2.10. The summed E-state index contributed by atoms with van der Waals surface area (Å²) in [6.45, 7) is 8.06. The van der Waals surface area contributed by atoms with Gasteiger partial charge in [-0.1, -0.05) is 20.8 Å². The molecule has 1 unspecified atom stereocenters. The van der Waals surface area contributed by atoms with Crippen LogP contribution in [0.3, 0.4) is 0 Å². The zero-order valence-electron chi connectivity index (χ0n) is 11.8. The first-order valence-electron chi connectivity index (χ1n) is 6.56. The molecule has 0 aromatic carbocycles. The zero-order chi connectivity index (χ0) is 14.3. The summed E-state index contributed by atoms with van der Waals surface area (Å²) in [4.78, 5) is 15.2. The van der Waals surface area contributed by atoms with Crippen LogP contribution in [-0.2, 0) is 11.3 Å². The normalized spacial score (nSPS) is 12.4. The summed E-state index contributed by atoms with van der Waals surface area (Å²) in [6.07, 6.45) is 1.67. The van der Waals surface area contributed by atoms with Crippen molar-refractivity contribution in [3.8, 4) is 5.75 Å². The van der Waals surface area contributed by atoms with Crippen LogP contribution in [0, 0.1) is 11.8 Å². The van der Waals surface area contributed by atoms with E-state index in [4.69, 9.17) is 10.5 Å². The zero-order valence-corrected chi connectivity index (χ0v) is 11.8. The number of hydrogen-bond donors (Lipinski definition) is 2. The molecule has 106 valence electrons. The summed E-state index contributed by atoms with van der Waals surface area (Å²) in [7, 11) is 0. The first kappa shape index (κ1) is 15.4. The highest BCUT2D eigenvalue weighted by Gasteiger charge is 2.09. The molecule has 19 heavy (non-hydrogen) atoms. The average Bonchev–Trinajstić information content (AvgIpc) is 2.37. The summed E-state index contributed by atoms with van der Waals surface area (Å²) in [5.74, 6) is 0.619. The molecule has 1 amide bonds. The Balaban J connectivity index is 2.37. The third-order valence-corrected chi connectivity index (χ3v) is 2.64. The number of aromatic nitrogens is 1. The van der Waals surface area contributed by atoms with Crippen LogP contribution in [0.5, 0.6) is 5.75 Å². The molecular weight excluding hydrogens is 242 g/mol. The molecule has 0 aliphatic heterocycles. The number of amides is 1. The number of pyridine rings is 1. The van der Waals surface area contributed by atoms with Gasteiger partial charge in [-0.15, -0.1) is 0 Å². The number of nitrogens with two attached hydrogens (primary N) is 1. The van der Waals surface area contributed by atoms with Gasteiger partial charge >= 0.3 is 0 Å². The fraction of sp³-hybridized carbons (Fsp3) is 0.571. The summed E-state index contributed by atoms with van der Waals surface area (Å²) in [6, 6.07) is 3.77. The van der Waals surface area contributed by atoms with E-state index >= 15 is 0 Å². The van der Waals surface area contributed by atoms with E-state index in [9.17, 15) is 4.79 Å². The van der Waals surface area contributed by atoms with Gasteiger partial charge < -0.3 is 15.8 Å². The van der Waals surface area contributed by atoms with E-state index in [2.05, 4.69) is 24.1 Å². The lowest BCUT2D eigenvalue weighted by Crippen LogP contribution is -2.25. The molecule has 1 aromatic heterocycles. The Hall–Kier alpha value is -1.62. The minimum Gasteiger partial charge on any atom is -0.491 e. The number of carbonyl (C=O) groups is 1. The van der Waals surface area contributed by atoms with Crippen LogP contribution in [0.4, 0.5) is 0 Å². The molecule has 0 radical (unpaired) electrons. The Morgan fingerprint density at radius 3 is 2.68 bits per heavy atom. The average molecular weight is 265 g/mol. The van der Waals surface area contributed by atoms with Gasteiger partial charge in [-0.25, -0.2) is 0 Å². The lowest BCUT2D eigenvalue weighted by Gasteiger charge is -2.10. The highest BCUT2D eigenvalue weighted by atomic mass is 16.5. The maximum atomic E-state index is 10.9. The number of nitrogens with zero attached hydrogens (tertiary/aromatic N) is 1. The van der Waals surface area contributed by atoms with E-state index in [0.717, 1.165) is 18.8 Å². The van der Waals surface area contributed by atoms with Crippen molar-refractivity contribution in [3.05, 3.63) is 24.0 Å². The van der Waals surface area contributed by atoms with E-state index in [-0.39, 0.29) is 18.4 Å². The van der Waals surface area contributed by atoms with Crippen LogP contribution in [0.15, 0.2) is 18.3 Å². The fourth-order valence-electron chi connectivity index (χ4n) is 1.39. The molecule has 1 aromatic rings. The van der Waals surface area contributed by atoms with Gasteiger partial charge in [-0.3, -0.25) is 9.78 Å². The minimum atomic E-state index is -0.359. The number of carbonyl (C=O) groups excluding carboxylic acids is 1. The van der Waals surface area contributed by atoms with Crippen LogP contribution in [0.25, 0.3) is 0 Å². The molecule has 0 aliphatic carbocycles. The minimum absolute atomic E-state index is 0.280. The van der Waals surface area contributed by atoms with E-state index < -0.39 is 0 Å². The summed E-state index contributed by atoms with van der Waals surface area (Å²) < 4.78 is 5.44. The second-order valence-electron chi connectivity index (χ2n) is 5.12. The van der Waals surface area contributed by atoms with Crippen molar-refractivity contribution in [1.82, 2.24) is 10.3 Å².